The molecule has 1 aromatic heterocycles. The number of aromatic nitrogens is 1. The van der Waals surface area contributed by atoms with Gasteiger partial charge >= 0.3 is 5.97 Å². The van der Waals surface area contributed by atoms with Crippen LogP contribution in [-0.4, -0.2) is 35.6 Å². The van der Waals surface area contributed by atoms with Crippen LogP contribution in [0, 0.1) is 11.3 Å². The molecule has 4 N–H and O–H groups in total. The maximum atomic E-state index is 12.2. The predicted octanol–water partition coefficient (Wildman–Crippen LogP) is 2.75. The summed E-state index contributed by atoms with van der Waals surface area (Å²) in [4.78, 5) is 28.2. The minimum Gasteiger partial charge on any atom is -0.477 e. The summed E-state index contributed by atoms with van der Waals surface area (Å²) in [5.41, 5.74) is 6.75. The highest BCUT2D eigenvalue weighted by molar-refractivity contribution is 5.96. The van der Waals surface area contributed by atoms with Crippen molar-refractivity contribution < 1.29 is 19.1 Å². The van der Waals surface area contributed by atoms with E-state index in [2.05, 4.69) is 15.6 Å². The van der Waals surface area contributed by atoms with Gasteiger partial charge in [-0.1, -0.05) is 0 Å². The number of carbonyl (C=O) groups is 2. The Labute approximate surface area is 175 Å². The molecule has 2 rings (SSSR count). The molecule has 0 radical (unpaired) electrons. The number of anilines is 3. The number of esters is 1. The van der Waals surface area contributed by atoms with E-state index in [0.29, 0.717) is 23.7 Å². The molecule has 1 heterocycles. The number of nitrogen functional groups attached to an aromatic ring is 1. The second kappa shape index (κ2) is 9.60. The second-order valence-electron chi connectivity index (χ2n) is 7.29. The molecule has 158 valence electrons. The number of hydrogen-bond donors (Lipinski definition) is 3. The normalized spacial score (nSPS) is 10.6. The Kier molecular flexibility index (Phi) is 7.20. The van der Waals surface area contributed by atoms with Crippen molar-refractivity contribution in [1.82, 2.24) is 10.3 Å². The third kappa shape index (κ3) is 6.38. The Bertz CT molecular complexity index is 959. The SMILES string of the molecule is CCOc1nc(Nc2ccc(C(=O)NCC(=O)OC(C)(C)C)cc2)cc(N)c1C#N. The van der Waals surface area contributed by atoms with Gasteiger partial charge in [0.25, 0.3) is 5.91 Å². The molecule has 0 saturated heterocycles. The molecule has 2 aromatic rings. The van der Waals surface area contributed by atoms with Gasteiger partial charge in [-0.15, -0.1) is 0 Å². The summed E-state index contributed by atoms with van der Waals surface area (Å²) < 4.78 is 10.5. The van der Waals surface area contributed by atoms with Crippen molar-refractivity contribution in [3.05, 3.63) is 41.5 Å². The monoisotopic (exact) mass is 411 g/mol. The maximum Gasteiger partial charge on any atom is 0.325 e. The van der Waals surface area contributed by atoms with E-state index in [-0.39, 0.29) is 23.7 Å². The van der Waals surface area contributed by atoms with Gasteiger partial charge in [0.15, 0.2) is 0 Å². The standard InChI is InChI=1S/C21H25N5O4/c1-5-29-20-15(11-22)16(23)10-17(26-20)25-14-8-6-13(7-9-14)19(28)24-12-18(27)30-21(2,3)4/h6-10H,5,12H2,1-4H3,(H,24,28)(H3,23,25,26). The van der Waals surface area contributed by atoms with Crippen LogP contribution < -0.4 is 21.1 Å². The van der Waals surface area contributed by atoms with Crippen molar-refractivity contribution in [3.63, 3.8) is 0 Å². The number of nitriles is 1. The van der Waals surface area contributed by atoms with Gasteiger partial charge in [-0.3, -0.25) is 9.59 Å². The Morgan fingerprint density at radius 3 is 2.47 bits per heavy atom. The molecular formula is C21H25N5O4. The van der Waals surface area contributed by atoms with Crippen molar-refractivity contribution in [2.75, 3.05) is 24.2 Å². The molecule has 1 amide bonds. The number of benzene rings is 1. The first kappa shape index (κ1) is 22.5. The Morgan fingerprint density at radius 2 is 1.90 bits per heavy atom. The topological polar surface area (TPSA) is 139 Å². The first-order valence-corrected chi connectivity index (χ1v) is 9.33. The van der Waals surface area contributed by atoms with Crippen LogP contribution in [0.2, 0.25) is 0 Å². The van der Waals surface area contributed by atoms with Gasteiger partial charge in [-0.25, -0.2) is 0 Å². The van der Waals surface area contributed by atoms with Gasteiger partial charge in [0.1, 0.15) is 29.6 Å². The van der Waals surface area contributed by atoms with Crippen LogP contribution in [0.4, 0.5) is 17.2 Å². The molecular weight excluding hydrogens is 386 g/mol. The summed E-state index contributed by atoms with van der Waals surface area (Å²) in [7, 11) is 0. The Hall–Kier alpha value is -3.80. The Morgan fingerprint density at radius 1 is 1.23 bits per heavy atom. The van der Waals surface area contributed by atoms with Gasteiger partial charge in [0, 0.05) is 17.3 Å². The minimum absolute atomic E-state index is 0.153. The third-order valence-electron chi connectivity index (χ3n) is 3.64. The quantitative estimate of drug-likeness (QED) is 0.591. The second-order valence-corrected chi connectivity index (χ2v) is 7.29. The maximum absolute atomic E-state index is 12.2. The summed E-state index contributed by atoms with van der Waals surface area (Å²) in [6, 6.07) is 10.1. The van der Waals surface area contributed by atoms with Crippen LogP contribution in [-0.2, 0) is 9.53 Å². The van der Waals surface area contributed by atoms with Crippen LogP contribution in [0.15, 0.2) is 30.3 Å². The number of carbonyl (C=O) groups excluding carboxylic acids is 2. The fraction of sp³-hybridized carbons (Fsp3) is 0.333. The number of pyridine rings is 1. The molecule has 0 aliphatic carbocycles. The lowest BCUT2D eigenvalue weighted by molar-refractivity contribution is -0.153. The molecule has 0 spiro atoms. The highest BCUT2D eigenvalue weighted by atomic mass is 16.6. The number of nitrogens with two attached hydrogens (primary N) is 1. The average molecular weight is 411 g/mol. The van der Waals surface area contributed by atoms with Gasteiger partial charge in [0.05, 0.1) is 12.3 Å². The van der Waals surface area contributed by atoms with Crippen molar-refractivity contribution in [2.45, 2.75) is 33.3 Å². The van der Waals surface area contributed by atoms with Crippen molar-refractivity contribution in [2.24, 2.45) is 0 Å². The van der Waals surface area contributed by atoms with Gasteiger partial charge in [-0.05, 0) is 52.0 Å². The first-order valence-electron chi connectivity index (χ1n) is 9.33. The van der Waals surface area contributed by atoms with E-state index in [4.69, 9.17) is 15.2 Å². The molecule has 0 atom stereocenters. The zero-order chi connectivity index (χ0) is 22.3. The molecule has 0 unspecified atom stereocenters. The van der Waals surface area contributed by atoms with Gasteiger partial charge in [-0.2, -0.15) is 10.2 Å². The van der Waals surface area contributed by atoms with Gasteiger partial charge in [0.2, 0.25) is 5.88 Å². The van der Waals surface area contributed by atoms with Crippen molar-refractivity contribution >= 4 is 29.1 Å². The van der Waals surface area contributed by atoms with E-state index < -0.39 is 17.5 Å². The lowest BCUT2D eigenvalue weighted by Crippen LogP contribution is -2.34. The van der Waals surface area contributed by atoms with E-state index in [9.17, 15) is 14.9 Å². The summed E-state index contributed by atoms with van der Waals surface area (Å²) in [6.07, 6.45) is 0. The lowest BCUT2D eigenvalue weighted by atomic mass is 10.2. The van der Waals surface area contributed by atoms with E-state index in [0.717, 1.165) is 0 Å². The van der Waals surface area contributed by atoms with E-state index in [1.807, 2.05) is 6.07 Å². The number of nitrogens with one attached hydrogen (secondary N) is 2. The molecule has 0 bridgehead atoms. The summed E-state index contributed by atoms with van der Waals surface area (Å²) in [5, 5.41) is 14.8. The number of ether oxygens (including phenoxy) is 2. The molecule has 0 fully saturated rings. The summed E-state index contributed by atoms with van der Waals surface area (Å²) >= 11 is 0. The molecule has 9 heteroatoms. The number of hydrogen-bond acceptors (Lipinski definition) is 8. The number of amides is 1. The largest absolute Gasteiger partial charge is 0.477 e. The fourth-order valence-electron chi connectivity index (χ4n) is 2.44. The molecule has 1 aromatic carbocycles. The van der Waals surface area contributed by atoms with Crippen LogP contribution in [0.3, 0.4) is 0 Å². The zero-order valence-electron chi connectivity index (χ0n) is 17.4. The lowest BCUT2D eigenvalue weighted by Gasteiger charge is -2.19. The highest BCUT2D eigenvalue weighted by Crippen LogP contribution is 2.27. The van der Waals surface area contributed by atoms with Crippen LogP contribution in [0.25, 0.3) is 0 Å². The molecule has 9 nitrogen and oxygen atoms in total. The summed E-state index contributed by atoms with van der Waals surface area (Å²) in [6.45, 7) is 7.18. The smallest absolute Gasteiger partial charge is 0.325 e. The molecule has 0 saturated carbocycles. The Balaban J connectivity index is 2.03. The predicted molar refractivity (Wildman–Crippen MR) is 112 cm³/mol. The molecule has 0 aliphatic heterocycles. The number of rotatable bonds is 7. The van der Waals surface area contributed by atoms with Crippen molar-refractivity contribution in [3.8, 4) is 11.9 Å². The van der Waals surface area contributed by atoms with E-state index in [1.165, 1.54) is 6.07 Å². The van der Waals surface area contributed by atoms with E-state index in [1.54, 1.807) is 52.0 Å². The molecule has 0 aliphatic rings. The van der Waals surface area contributed by atoms with Crippen LogP contribution in [0.5, 0.6) is 5.88 Å². The zero-order valence-corrected chi connectivity index (χ0v) is 17.4. The average Bonchev–Trinajstić information content (AvgIpc) is 2.65. The third-order valence-corrected chi connectivity index (χ3v) is 3.64. The van der Waals surface area contributed by atoms with Crippen LogP contribution in [0.1, 0.15) is 43.6 Å². The van der Waals surface area contributed by atoms with Gasteiger partial charge < -0.3 is 25.8 Å². The van der Waals surface area contributed by atoms with E-state index >= 15 is 0 Å². The van der Waals surface area contributed by atoms with Crippen molar-refractivity contribution in [1.29, 1.82) is 5.26 Å². The molecule has 30 heavy (non-hydrogen) atoms. The van der Waals surface area contributed by atoms with Crippen LogP contribution >= 0.6 is 0 Å². The number of nitrogens with zero attached hydrogens (tertiary/aromatic N) is 2. The minimum atomic E-state index is -0.611. The summed E-state index contributed by atoms with van der Waals surface area (Å²) in [5.74, 6) is -0.353. The first-order chi connectivity index (χ1) is 14.1. The fourth-order valence-corrected chi connectivity index (χ4v) is 2.44. The highest BCUT2D eigenvalue weighted by Gasteiger charge is 2.17.